The lowest BCUT2D eigenvalue weighted by molar-refractivity contribution is -0.141. The minimum absolute atomic E-state index is 0.106. The first-order chi connectivity index (χ1) is 5.04. The Kier molecular flexibility index (Phi) is 1.67. The molecule has 0 aliphatic rings. The highest BCUT2D eigenvalue weighted by Crippen LogP contribution is 2.27. The van der Waals surface area contributed by atoms with Gasteiger partial charge in [0.1, 0.15) is 6.26 Å². The van der Waals surface area contributed by atoms with Crippen molar-refractivity contribution in [3.05, 3.63) is 17.8 Å². The summed E-state index contributed by atoms with van der Waals surface area (Å²) in [6, 6.07) is 0. The molecule has 0 saturated heterocycles. The fourth-order valence-electron chi connectivity index (χ4n) is 0.472. The molecule has 1 aromatic heterocycles. The minimum Gasteiger partial charge on any atom is -0.442 e. The van der Waals surface area contributed by atoms with Crippen LogP contribution in [0.4, 0.5) is 13.2 Å². The van der Waals surface area contributed by atoms with Crippen molar-refractivity contribution in [1.29, 1.82) is 0 Å². The number of carbonyl (C=O) groups is 1. The Balaban J connectivity index is 2.98. The van der Waals surface area contributed by atoms with Gasteiger partial charge >= 0.3 is 6.18 Å². The van der Waals surface area contributed by atoms with E-state index < -0.39 is 17.8 Å². The van der Waals surface area contributed by atoms with Crippen molar-refractivity contribution in [3.63, 3.8) is 0 Å². The number of nitrogens with zero attached hydrogens (tertiary/aromatic N) is 1. The van der Waals surface area contributed by atoms with E-state index in [-0.39, 0.29) is 6.29 Å². The Bertz CT molecular complexity index is 265. The molecule has 0 unspecified atom stereocenters. The summed E-state index contributed by atoms with van der Waals surface area (Å²) in [7, 11) is 0. The molecular weight excluding hydrogens is 163 g/mol. The molecule has 60 valence electrons. The quantitative estimate of drug-likeness (QED) is 0.592. The van der Waals surface area contributed by atoms with E-state index in [1.807, 2.05) is 0 Å². The van der Waals surface area contributed by atoms with Crippen LogP contribution in [0, 0.1) is 0 Å². The Morgan fingerprint density at radius 2 is 2.18 bits per heavy atom. The van der Waals surface area contributed by atoms with Crippen molar-refractivity contribution in [3.8, 4) is 0 Å². The highest BCUT2D eigenvalue weighted by atomic mass is 19.4. The van der Waals surface area contributed by atoms with Gasteiger partial charge in [-0.05, 0) is 0 Å². The molecule has 1 heterocycles. The van der Waals surface area contributed by atoms with Crippen molar-refractivity contribution in [2.24, 2.45) is 0 Å². The van der Waals surface area contributed by atoms with Gasteiger partial charge in [-0.2, -0.15) is 13.2 Å². The first-order valence-corrected chi connectivity index (χ1v) is 2.52. The second kappa shape index (κ2) is 2.37. The normalized spacial score (nSPS) is 11.5. The number of rotatable bonds is 1. The standard InChI is InChI=1S/C5H2F3NO2/c6-5(7,8)3-2-11-4(1-10)9-3/h1-2H. The summed E-state index contributed by atoms with van der Waals surface area (Å²) in [6.07, 6.45) is -4.05. The number of hydrogen-bond donors (Lipinski definition) is 0. The molecule has 0 aliphatic heterocycles. The van der Waals surface area contributed by atoms with E-state index in [2.05, 4.69) is 9.40 Å². The first kappa shape index (κ1) is 7.77. The summed E-state index contributed by atoms with van der Waals surface area (Å²) in [6.45, 7) is 0. The highest BCUT2D eigenvalue weighted by molar-refractivity contribution is 5.67. The third-order valence-corrected chi connectivity index (χ3v) is 0.913. The van der Waals surface area contributed by atoms with E-state index >= 15 is 0 Å². The summed E-state index contributed by atoms with van der Waals surface area (Å²) >= 11 is 0. The van der Waals surface area contributed by atoms with E-state index in [0.29, 0.717) is 6.26 Å². The van der Waals surface area contributed by atoms with Crippen LogP contribution in [0.5, 0.6) is 0 Å². The summed E-state index contributed by atoms with van der Waals surface area (Å²) in [5.41, 5.74) is -1.19. The molecule has 0 aliphatic carbocycles. The third-order valence-electron chi connectivity index (χ3n) is 0.913. The molecule has 0 saturated carbocycles. The molecular formula is C5H2F3NO2. The Morgan fingerprint density at radius 1 is 1.55 bits per heavy atom. The Hall–Kier alpha value is -1.33. The van der Waals surface area contributed by atoms with Crippen molar-refractivity contribution in [2.75, 3.05) is 0 Å². The zero-order valence-corrected chi connectivity index (χ0v) is 5.05. The second-order valence-electron chi connectivity index (χ2n) is 1.69. The topological polar surface area (TPSA) is 43.1 Å². The van der Waals surface area contributed by atoms with Gasteiger partial charge in [0.2, 0.25) is 6.29 Å². The average molecular weight is 165 g/mol. The molecule has 1 aromatic rings. The van der Waals surface area contributed by atoms with E-state index in [0.717, 1.165) is 0 Å². The zero-order valence-electron chi connectivity index (χ0n) is 5.05. The molecule has 6 heteroatoms. The van der Waals surface area contributed by atoms with Crippen molar-refractivity contribution < 1.29 is 22.4 Å². The lowest BCUT2D eigenvalue weighted by Gasteiger charge is -1.97. The monoisotopic (exact) mass is 165 g/mol. The maximum absolute atomic E-state index is 11.7. The molecule has 0 aromatic carbocycles. The number of oxazole rings is 1. The van der Waals surface area contributed by atoms with Crippen molar-refractivity contribution in [1.82, 2.24) is 4.98 Å². The predicted octanol–water partition coefficient (Wildman–Crippen LogP) is 1.51. The molecule has 11 heavy (non-hydrogen) atoms. The summed E-state index contributed by atoms with van der Waals surface area (Å²) in [4.78, 5) is 12.7. The van der Waals surface area contributed by atoms with Gasteiger partial charge in [-0.3, -0.25) is 4.79 Å². The molecule has 0 N–H and O–H groups in total. The van der Waals surface area contributed by atoms with E-state index in [4.69, 9.17) is 0 Å². The number of aldehydes is 1. The summed E-state index contributed by atoms with van der Waals surface area (Å²) in [5, 5.41) is 0. The van der Waals surface area contributed by atoms with Crippen LogP contribution in [0.1, 0.15) is 16.4 Å². The molecule has 1 rings (SSSR count). The van der Waals surface area contributed by atoms with Crippen LogP contribution in [0.25, 0.3) is 0 Å². The Morgan fingerprint density at radius 3 is 2.45 bits per heavy atom. The maximum atomic E-state index is 11.7. The van der Waals surface area contributed by atoms with Crippen LogP contribution >= 0.6 is 0 Å². The van der Waals surface area contributed by atoms with Crippen LogP contribution in [-0.4, -0.2) is 11.3 Å². The Labute approximate surface area is 58.8 Å². The molecule has 0 atom stereocenters. The summed E-state index contributed by atoms with van der Waals surface area (Å²) in [5.74, 6) is -0.572. The van der Waals surface area contributed by atoms with E-state index in [1.165, 1.54) is 0 Å². The van der Waals surface area contributed by atoms with Crippen molar-refractivity contribution >= 4 is 6.29 Å². The molecule has 3 nitrogen and oxygen atoms in total. The van der Waals surface area contributed by atoms with Crippen LogP contribution in [0.3, 0.4) is 0 Å². The van der Waals surface area contributed by atoms with Gasteiger partial charge in [0.15, 0.2) is 5.69 Å². The molecule has 0 spiro atoms. The smallest absolute Gasteiger partial charge is 0.436 e. The number of aromatic nitrogens is 1. The number of halogens is 3. The lowest BCUT2D eigenvalue weighted by atomic mass is 10.5. The number of hydrogen-bond acceptors (Lipinski definition) is 3. The van der Waals surface area contributed by atoms with Crippen LogP contribution in [0.15, 0.2) is 10.7 Å². The maximum Gasteiger partial charge on any atom is 0.436 e. The number of carbonyl (C=O) groups excluding carboxylic acids is 1. The van der Waals surface area contributed by atoms with E-state index in [9.17, 15) is 18.0 Å². The second-order valence-corrected chi connectivity index (χ2v) is 1.69. The highest BCUT2D eigenvalue weighted by Gasteiger charge is 2.34. The number of alkyl halides is 3. The fourth-order valence-corrected chi connectivity index (χ4v) is 0.472. The first-order valence-electron chi connectivity index (χ1n) is 2.52. The fraction of sp³-hybridized carbons (Fsp3) is 0.200. The third kappa shape index (κ3) is 1.57. The predicted molar refractivity (Wildman–Crippen MR) is 26.9 cm³/mol. The van der Waals surface area contributed by atoms with Gasteiger partial charge in [0.05, 0.1) is 0 Å². The summed E-state index contributed by atoms with van der Waals surface area (Å²) < 4.78 is 39.2. The van der Waals surface area contributed by atoms with Crippen LogP contribution in [0.2, 0.25) is 0 Å². The van der Waals surface area contributed by atoms with Gasteiger partial charge in [-0.1, -0.05) is 0 Å². The van der Waals surface area contributed by atoms with E-state index in [1.54, 1.807) is 0 Å². The minimum atomic E-state index is -4.55. The largest absolute Gasteiger partial charge is 0.442 e. The van der Waals surface area contributed by atoms with Crippen LogP contribution < -0.4 is 0 Å². The van der Waals surface area contributed by atoms with Gasteiger partial charge in [-0.25, -0.2) is 4.98 Å². The van der Waals surface area contributed by atoms with Gasteiger partial charge in [0.25, 0.3) is 5.89 Å². The van der Waals surface area contributed by atoms with Gasteiger partial charge in [-0.15, -0.1) is 0 Å². The SMILES string of the molecule is O=Cc1nc(C(F)(F)F)co1. The molecule has 0 amide bonds. The zero-order chi connectivity index (χ0) is 8.48. The lowest BCUT2D eigenvalue weighted by Crippen LogP contribution is -2.05. The van der Waals surface area contributed by atoms with Crippen LogP contribution in [-0.2, 0) is 6.18 Å². The molecule has 0 fully saturated rings. The molecule has 0 bridgehead atoms. The average Bonchev–Trinajstić information content (AvgIpc) is 2.32. The van der Waals surface area contributed by atoms with Crippen molar-refractivity contribution in [2.45, 2.75) is 6.18 Å². The molecule has 0 radical (unpaired) electrons. The van der Waals surface area contributed by atoms with Gasteiger partial charge in [0, 0.05) is 0 Å². The van der Waals surface area contributed by atoms with Gasteiger partial charge < -0.3 is 4.42 Å².